The van der Waals surface area contributed by atoms with E-state index in [0.717, 1.165) is 25.5 Å². The van der Waals surface area contributed by atoms with E-state index in [1.807, 2.05) is 0 Å². The number of hydrogen-bond donors (Lipinski definition) is 0. The first-order chi connectivity index (χ1) is 8.66. The summed E-state index contributed by atoms with van der Waals surface area (Å²) in [4.78, 5) is 4.87. The van der Waals surface area contributed by atoms with Gasteiger partial charge in [-0.1, -0.05) is 0 Å². The Bertz CT molecular complexity index is 425. The molecule has 0 bridgehead atoms. The van der Waals surface area contributed by atoms with Crippen LogP contribution in [0, 0.1) is 0 Å². The van der Waals surface area contributed by atoms with E-state index in [9.17, 15) is 0 Å². The highest BCUT2D eigenvalue weighted by molar-refractivity contribution is 5.05. The molecule has 18 heavy (non-hydrogen) atoms. The minimum atomic E-state index is 0.483. The van der Waals surface area contributed by atoms with Crippen molar-refractivity contribution in [3.8, 4) is 0 Å². The average Bonchev–Trinajstić information content (AvgIpc) is 2.93. The van der Waals surface area contributed by atoms with E-state index in [2.05, 4.69) is 45.5 Å². The van der Waals surface area contributed by atoms with Crippen molar-refractivity contribution < 1.29 is 0 Å². The molecule has 1 saturated heterocycles. The number of rotatable bonds is 2. The van der Waals surface area contributed by atoms with Crippen LogP contribution in [-0.4, -0.2) is 50.7 Å². The van der Waals surface area contributed by atoms with Gasteiger partial charge in [-0.05, 0) is 40.3 Å². The highest BCUT2D eigenvalue weighted by Gasteiger charge is 2.30. The summed E-state index contributed by atoms with van der Waals surface area (Å²) < 4.78 is 2.35. The van der Waals surface area contributed by atoms with Crippen LogP contribution in [0.3, 0.4) is 0 Å². The maximum absolute atomic E-state index is 4.47. The lowest BCUT2D eigenvalue weighted by Crippen LogP contribution is -2.39. The molecule has 1 aromatic rings. The van der Waals surface area contributed by atoms with Crippen molar-refractivity contribution in [2.24, 2.45) is 0 Å². The number of likely N-dealkylation sites (tertiary alicyclic amines) is 1. The normalized spacial score (nSPS) is 25.9. The van der Waals surface area contributed by atoms with Gasteiger partial charge in [0, 0.05) is 19.1 Å². The van der Waals surface area contributed by atoms with Crippen molar-refractivity contribution in [1.29, 1.82) is 0 Å². The Kier molecular flexibility index (Phi) is 3.11. The standard InChI is InChI=1S/C13H23N5/c1-10(2)17-7-8-18-12(9-17)14-15-13(18)11-5-4-6-16(11)3/h10-11H,4-9H2,1-3H3/t11-/m0/s1. The van der Waals surface area contributed by atoms with Crippen LogP contribution in [0.1, 0.15) is 44.4 Å². The van der Waals surface area contributed by atoms with Crippen molar-refractivity contribution in [1.82, 2.24) is 24.6 Å². The molecule has 0 radical (unpaired) electrons. The monoisotopic (exact) mass is 249 g/mol. The van der Waals surface area contributed by atoms with Gasteiger partial charge < -0.3 is 4.57 Å². The van der Waals surface area contributed by atoms with Crippen molar-refractivity contribution >= 4 is 0 Å². The lowest BCUT2D eigenvalue weighted by molar-refractivity contribution is 0.169. The molecule has 1 atom stereocenters. The van der Waals surface area contributed by atoms with Crippen molar-refractivity contribution in [2.45, 2.75) is 51.9 Å². The van der Waals surface area contributed by atoms with Gasteiger partial charge in [-0.15, -0.1) is 10.2 Å². The predicted octanol–water partition coefficient (Wildman–Crippen LogP) is 1.27. The van der Waals surface area contributed by atoms with E-state index in [1.165, 1.54) is 25.2 Å². The van der Waals surface area contributed by atoms with Gasteiger partial charge in [0.15, 0.2) is 0 Å². The van der Waals surface area contributed by atoms with Crippen LogP contribution < -0.4 is 0 Å². The lowest BCUT2D eigenvalue weighted by Gasteiger charge is -2.31. The predicted molar refractivity (Wildman–Crippen MR) is 70.2 cm³/mol. The molecule has 2 aliphatic rings. The Hall–Kier alpha value is -0.940. The van der Waals surface area contributed by atoms with Crippen LogP contribution in [-0.2, 0) is 13.1 Å². The second-order valence-electron chi connectivity index (χ2n) is 5.83. The Morgan fingerprint density at radius 1 is 1.17 bits per heavy atom. The first kappa shape index (κ1) is 12.1. The van der Waals surface area contributed by atoms with Gasteiger partial charge in [0.25, 0.3) is 0 Å². The highest BCUT2D eigenvalue weighted by Crippen LogP contribution is 2.30. The summed E-state index contributed by atoms with van der Waals surface area (Å²) in [6.07, 6.45) is 2.50. The molecule has 5 nitrogen and oxygen atoms in total. The molecule has 3 rings (SSSR count). The molecule has 0 amide bonds. The van der Waals surface area contributed by atoms with Crippen LogP contribution in [0.15, 0.2) is 0 Å². The summed E-state index contributed by atoms with van der Waals surface area (Å²) in [6, 6.07) is 1.07. The summed E-state index contributed by atoms with van der Waals surface area (Å²) in [5, 5.41) is 8.88. The van der Waals surface area contributed by atoms with E-state index in [4.69, 9.17) is 0 Å². The minimum Gasteiger partial charge on any atom is -0.311 e. The fraction of sp³-hybridized carbons (Fsp3) is 0.846. The Morgan fingerprint density at radius 3 is 2.67 bits per heavy atom. The topological polar surface area (TPSA) is 37.2 Å². The molecule has 100 valence electrons. The second kappa shape index (κ2) is 4.63. The average molecular weight is 249 g/mol. The molecule has 1 fully saturated rings. The number of nitrogens with zero attached hydrogens (tertiary/aromatic N) is 5. The summed E-state index contributed by atoms with van der Waals surface area (Å²) in [5.74, 6) is 2.33. The summed E-state index contributed by atoms with van der Waals surface area (Å²) in [7, 11) is 2.20. The molecule has 0 unspecified atom stereocenters. The maximum atomic E-state index is 4.47. The number of aromatic nitrogens is 3. The maximum Gasteiger partial charge on any atom is 0.150 e. The molecular formula is C13H23N5. The molecule has 0 aliphatic carbocycles. The van der Waals surface area contributed by atoms with E-state index < -0.39 is 0 Å². The molecule has 0 saturated carbocycles. The molecule has 5 heteroatoms. The third kappa shape index (κ3) is 1.95. The van der Waals surface area contributed by atoms with Gasteiger partial charge in [-0.2, -0.15) is 0 Å². The fourth-order valence-corrected chi connectivity index (χ4v) is 3.12. The largest absolute Gasteiger partial charge is 0.311 e. The Morgan fingerprint density at radius 2 is 2.00 bits per heavy atom. The van der Waals surface area contributed by atoms with Crippen molar-refractivity contribution in [2.75, 3.05) is 20.1 Å². The quantitative estimate of drug-likeness (QED) is 0.791. The van der Waals surface area contributed by atoms with Gasteiger partial charge in [-0.25, -0.2) is 0 Å². The molecule has 0 spiro atoms. The summed E-state index contributed by atoms with van der Waals surface area (Å²) in [5.41, 5.74) is 0. The third-order valence-electron chi connectivity index (χ3n) is 4.36. The van der Waals surface area contributed by atoms with Gasteiger partial charge >= 0.3 is 0 Å². The third-order valence-corrected chi connectivity index (χ3v) is 4.36. The van der Waals surface area contributed by atoms with Crippen molar-refractivity contribution in [3.63, 3.8) is 0 Å². The van der Waals surface area contributed by atoms with Crippen LogP contribution in [0.4, 0.5) is 0 Å². The first-order valence-electron chi connectivity index (χ1n) is 7.03. The zero-order valence-electron chi connectivity index (χ0n) is 11.6. The van der Waals surface area contributed by atoms with Crippen molar-refractivity contribution in [3.05, 3.63) is 11.6 Å². The molecule has 3 heterocycles. The zero-order valence-corrected chi connectivity index (χ0v) is 11.6. The fourth-order valence-electron chi connectivity index (χ4n) is 3.12. The minimum absolute atomic E-state index is 0.483. The molecule has 0 aromatic carbocycles. The molecule has 2 aliphatic heterocycles. The summed E-state index contributed by atoms with van der Waals surface area (Å²) >= 11 is 0. The lowest BCUT2D eigenvalue weighted by atomic mass is 10.2. The van der Waals surface area contributed by atoms with Crippen LogP contribution >= 0.6 is 0 Å². The molecule has 1 aromatic heterocycles. The highest BCUT2D eigenvalue weighted by atomic mass is 15.4. The van der Waals surface area contributed by atoms with Gasteiger partial charge in [-0.3, -0.25) is 9.80 Å². The van der Waals surface area contributed by atoms with Crippen LogP contribution in [0.25, 0.3) is 0 Å². The smallest absolute Gasteiger partial charge is 0.150 e. The van der Waals surface area contributed by atoms with Crippen LogP contribution in [0.5, 0.6) is 0 Å². The SMILES string of the molecule is CC(C)N1CCn2c(nnc2[C@@H]2CCCN2C)C1. The molecular weight excluding hydrogens is 226 g/mol. The zero-order chi connectivity index (χ0) is 12.7. The van der Waals surface area contributed by atoms with E-state index in [-0.39, 0.29) is 0 Å². The summed E-state index contributed by atoms with van der Waals surface area (Å²) in [6.45, 7) is 8.79. The first-order valence-corrected chi connectivity index (χ1v) is 7.03. The molecule has 0 N–H and O–H groups in total. The Balaban J connectivity index is 1.84. The van der Waals surface area contributed by atoms with Gasteiger partial charge in [0.2, 0.25) is 0 Å². The second-order valence-corrected chi connectivity index (χ2v) is 5.83. The van der Waals surface area contributed by atoms with Gasteiger partial charge in [0.1, 0.15) is 11.6 Å². The van der Waals surface area contributed by atoms with Crippen LogP contribution in [0.2, 0.25) is 0 Å². The number of fused-ring (bicyclic) bond motifs is 1. The van der Waals surface area contributed by atoms with E-state index in [0.29, 0.717) is 12.1 Å². The Labute approximate surface area is 109 Å². The van der Waals surface area contributed by atoms with E-state index >= 15 is 0 Å². The number of hydrogen-bond acceptors (Lipinski definition) is 4. The van der Waals surface area contributed by atoms with Gasteiger partial charge in [0.05, 0.1) is 12.6 Å². The van der Waals surface area contributed by atoms with E-state index in [1.54, 1.807) is 0 Å².